The monoisotopic (exact) mass is 342 g/mol. The Bertz CT molecular complexity index is 960. The number of aromatic hydroxyl groups is 1. The van der Waals surface area contributed by atoms with Gasteiger partial charge in [-0.15, -0.1) is 0 Å². The van der Waals surface area contributed by atoms with Crippen LogP contribution in [0.25, 0.3) is 16.9 Å². The standard InChI is InChI=1S/C18H17FN4O2.H2/c1-18(19)7-11(8-18)17-22-15(12-9-20-21-10-12)6-16(25)23(17)13-2-4-14(24)5-3-13;/h2-6,9-11,24H,7-8H2,1H3,(H,20,21);1H. The summed E-state index contributed by atoms with van der Waals surface area (Å²) in [6.45, 7) is 1.56. The quantitative estimate of drug-likeness (QED) is 0.766. The van der Waals surface area contributed by atoms with Crippen LogP contribution < -0.4 is 5.56 Å². The molecule has 130 valence electrons. The Kier molecular flexibility index (Phi) is 3.45. The van der Waals surface area contributed by atoms with Gasteiger partial charge in [-0.3, -0.25) is 14.5 Å². The van der Waals surface area contributed by atoms with Crippen LogP contribution in [0.2, 0.25) is 0 Å². The molecule has 1 aliphatic rings. The lowest BCUT2D eigenvalue weighted by Crippen LogP contribution is -2.38. The van der Waals surface area contributed by atoms with Gasteiger partial charge in [-0.2, -0.15) is 5.10 Å². The highest BCUT2D eigenvalue weighted by molar-refractivity contribution is 5.57. The van der Waals surface area contributed by atoms with E-state index in [1.165, 1.54) is 22.8 Å². The van der Waals surface area contributed by atoms with Crippen molar-refractivity contribution in [3.63, 3.8) is 0 Å². The SMILES string of the molecule is CC1(F)CC(c2nc(-c3cn[nH]c3)cc(=O)n2-c2ccc(O)cc2)C1.[HH]. The highest BCUT2D eigenvalue weighted by atomic mass is 19.1. The molecular formula is C18H19FN4O2. The molecule has 2 N–H and O–H groups in total. The highest BCUT2D eigenvalue weighted by Gasteiger charge is 2.43. The van der Waals surface area contributed by atoms with Crippen molar-refractivity contribution in [1.82, 2.24) is 19.7 Å². The molecular weight excluding hydrogens is 323 g/mol. The molecule has 0 atom stereocenters. The molecule has 2 heterocycles. The maximum atomic E-state index is 14.0. The summed E-state index contributed by atoms with van der Waals surface area (Å²) in [7, 11) is 0. The number of aromatic amines is 1. The zero-order chi connectivity index (χ0) is 17.6. The van der Waals surface area contributed by atoms with E-state index in [0.717, 1.165) is 0 Å². The molecule has 1 saturated carbocycles. The van der Waals surface area contributed by atoms with Gasteiger partial charge in [-0.05, 0) is 44.0 Å². The van der Waals surface area contributed by atoms with Crippen molar-refractivity contribution in [3.05, 3.63) is 58.9 Å². The topological polar surface area (TPSA) is 83.8 Å². The highest BCUT2D eigenvalue weighted by Crippen LogP contribution is 2.46. The van der Waals surface area contributed by atoms with Gasteiger partial charge in [0, 0.05) is 25.2 Å². The fourth-order valence-electron chi connectivity index (χ4n) is 3.32. The van der Waals surface area contributed by atoms with Crippen molar-refractivity contribution in [2.75, 3.05) is 0 Å². The van der Waals surface area contributed by atoms with Gasteiger partial charge in [0.2, 0.25) is 0 Å². The second-order valence-corrected chi connectivity index (χ2v) is 6.70. The molecule has 0 saturated heterocycles. The minimum absolute atomic E-state index is 0. The summed E-state index contributed by atoms with van der Waals surface area (Å²) in [4.78, 5) is 17.4. The Hall–Kier alpha value is -2.96. The van der Waals surface area contributed by atoms with E-state index in [2.05, 4.69) is 15.2 Å². The van der Waals surface area contributed by atoms with Crippen molar-refractivity contribution >= 4 is 0 Å². The predicted octanol–water partition coefficient (Wildman–Crippen LogP) is 3.18. The van der Waals surface area contributed by atoms with Crippen molar-refractivity contribution in [2.24, 2.45) is 0 Å². The van der Waals surface area contributed by atoms with Crippen LogP contribution in [0.5, 0.6) is 5.75 Å². The van der Waals surface area contributed by atoms with E-state index in [1.54, 1.807) is 31.5 Å². The number of nitrogens with zero attached hydrogens (tertiary/aromatic N) is 3. The second-order valence-electron chi connectivity index (χ2n) is 6.70. The molecule has 3 aromatic rings. The molecule has 6 nitrogen and oxygen atoms in total. The molecule has 1 aliphatic carbocycles. The molecule has 0 amide bonds. The third kappa shape index (κ3) is 2.82. The Balaban J connectivity index is 0.00000196. The average Bonchev–Trinajstić information content (AvgIpc) is 3.07. The fraction of sp³-hybridized carbons (Fsp3) is 0.278. The van der Waals surface area contributed by atoms with Gasteiger partial charge >= 0.3 is 0 Å². The van der Waals surface area contributed by atoms with Crippen LogP contribution in [-0.2, 0) is 0 Å². The van der Waals surface area contributed by atoms with E-state index in [9.17, 15) is 14.3 Å². The van der Waals surface area contributed by atoms with Gasteiger partial charge in [0.15, 0.2) is 0 Å². The van der Waals surface area contributed by atoms with Crippen LogP contribution in [-0.4, -0.2) is 30.5 Å². The van der Waals surface area contributed by atoms with Crippen LogP contribution in [0.1, 0.15) is 32.9 Å². The number of phenols is 1. The zero-order valence-corrected chi connectivity index (χ0v) is 13.6. The number of alkyl halides is 1. The molecule has 1 aromatic carbocycles. The van der Waals surface area contributed by atoms with E-state index >= 15 is 0 Å². The molecule has 7 heteroatoms. The van der Waals surface area contributed by atoms with Crippen LogP contribution in [0.15, 0.2) is 47.5 Å². The summed E-state index contributed by atoms with van der Waals surface area (Å²) in [5.41, 5.74) is 0.332. The van der Waals surface area contributed by atoms with Crippen LogP contribution in [0.3, 0.4) is 0 Å². The van der Waals surface area contributed by atoms with Gasteiger partial charge in [0.25, 0.3) is 5.56 Å². The minimum Gasteiger partial charge on any atom is -0.508 e. The number of halogens is 1. The minimum atomic E-state index is -1.23. The number of rotatable bonds is 3. The largest absolute Gasteiger partial charge is 0.508 e. The van der Waals surface area contributed by atoms with Crippen molar-refractivity contribution in [2.45, 2.75) is 31.4 Å². The fourth-order valence-corrected chi connectivity index (χ4v) is 3.32. The number of aromatic nitrogens is 4. The lowest BCUT2D eigenvalue weighted by atomic mass is 9.73. The number of hydrogen-bond donors (Lipinski definition) is 2. The van der Waals surface area contributed by atoms with Crippen LogP contribution in [0, 0.1) is 0 Å². The van der Waals surface area contributed by atoms with Gasteiger partial charge in [-0.1, -0.05) is 0 Å². The molecule has 2 aromatic heterocycles. The van der Waals surface area contributed by atoms with Crippen LogP contribution in [0.4, 0.5) is 4.39 Å². The lowest BCUT2D eigenvalue weighted by molar-refractivity contribution is 0.0572. The number of hydrogen-bond acceptors (Lipinski definition) is 4. The molecule has 0 unspecified atom stereocenters. The van der Waals surface area contributed by atoms with Gasteiger partial charge in [-0.25, -0.2) is 9.37 Å². The second kappa shape index (κ2) is 5.54. The maximum absolute atomic E-state index is 14.0. The van der Waals surface area contributed by atoms with Crippen molar-refractivity contribution in [1.29, 1.82) is 0 Å². The van der Waals surface area contributed by atoms with Crippen LogP contribution >= 0.6 is 0 Å². The van der Waals surface area contributed by atoms with E-state index in [1.807, 2.05) is 0 Å². The van der Waals surface area contributed by atoms with Gasteiger partial charge < -0.3 is 5.11 Å². The Morgan fingerprint density at radius 1 is 1.36 bits per heavy atom. The average molecular weight is 342 g/mol. The summed E-state index contributed by atoms with van der Waals surface area (Å²) in [5.74, 6) is 0.508. The Labute approximate surface area is 144 Å². The predicted molar refractivity (Wildman–Crippen MR) is 92.7 cm³/mol. The van der Waals surface area contributed by atoms with Crippen molar-refractivity contribution < 1.29 is 10.9 Å². The first kappa shape index (κ1) is 15.6. The molecule has 0 bridgehead atoms. The first-order valence-corrected chi connectivity index (χ1v) is 8.04. The van der Waals surface area contributed by atoms with E-state index in [0.29, 0.717) is 35.6 Å². The third-order valence-corrected chi connectivity index (χ3v) is 4.56. The Morgan fingerprint density at radius 3 is 2.68 bits per heavy atom. The third-order valence-electron chi connectivity index (χ3n) is 4.56. The summed E-state index contributed by atoms with van der Waals surface area (Å²) < 4.78 is 15.5. The first-order chi connectivity index (χ1) is 11.9. The summed E-state index contributed by atoms with van der Waals surface area (Å²) in [5, 5.41) is 16.1. The number of H-pyrrole nitrogens is 1. The molecule has 4 rings (SSSR count). The summed E-state index contributed by atoms with van der Waals surface area (Å²) in [6.07, 6.45) is 3.91. The smallest absolute Gasteiger partial charge is 0.258 e. The molecule has 0 radical (unpaired) electrons. The number of benzene rings is 1. The van der Waals surface area contributed by atoms with Gasteiger partial charge in [0.05, 0.1) is 17.6 Å². The Morgan fingerprint density at radius 2 is 2.08 bits per heavy atom. The lowest BCUT2D eigenvalue weighted by Gasteiger charge is -2.39. The summed E-state index contributed by atoms with van der Waals surface area (Å²) in [6, 6.07) is 7.75. The van der Waals surface area contributed by atoms with E-state index in [-0.39, 0.29) is 18.7 Å². The maximum Gasteiger partial charge on any atom is 0.258 e. The number of phenolic OH excluding ortho intramolecular Hbond substituents is 1. The van der Waals surface area contributed by atoms with Crippen molar-refractivity contribution in [3.8, 4) is 22.7 Å². The molecule has 0 aliphatic heterocycles. The normalized spacial score (nSPS) is 22.6. The first-order valence-electron chi connectivity index (χ1n) is 8.04. The summed E-state index contributed by atoms with van der Waals surface area (Å²) >= 11 is 0. The number of nitrogens with one attached hydrogen (secondary N) is 1. The molecule has 0 spiro atoms. The molecule has 25 heavy (non-hydrogen) atoms. The zero-order valence-electron chi connectivity index (χ0n) is 13.6. The van der Waals surface area contributed by atoms with Gasteiger partial charge in [0.1, 0.15) is 17.2 Å². The van der Waals surface area contributed by atoms with E-state index in [4.69, 9.17) is 0 Å². The molecule has 1 fully saturated rings. The van der Waals surface area contributed by atoms with E-state index < -0.39 is 5.67 Å².